The molecule has 0 amide bonds. The van der Waals surface area contributed by atoms with Crippen LogP contribution in [0.2, 0.25) is 0 Å². The fraction of sp³-hybridized carbons (Fsp3) is 0.611. The summed E-state index contributed by atoms with van der Waals surface area (Å²) in [4.78, 5) is 12.3. The maximum atomic E-state index is 12.3. The van der Waals surface area contributed by atoms with Gasteiger partial charge in [0, 0.05) is 12.8 Å². The molecule has 1 aromatic carbocycles. The number of methoxy groups -OCH3 is 2. The summed E-state index contributed by atoms with van der Waals surface area (Å²) >= 11 is 0. The van der Waals surface area contributed by atoms with Crippen LogP contribution >= 0.6 is 0 Å². The van der Waals surface area contributed by atoms with E-state index in [9.17, 15) is 4.79 Å². The van der Waals surface area contributed by atoms with Crippen molar-refractivity contribution in [3.63, 3.8) is 0 Å². The molecule has 1 fully saturated rings. The fourth-order valence-corrected chi connectivity index (χ4v) is 3.18. The van der Waals surface area contributed by atoms with Crippen molar-refractivity contribution < 1.29 is 14.3 Å². The Morgan fingerprint density at radius 2 is 1.71 bits per heavy atom. The molecular weight excluding hydrogens is 264 g/mol. The van der Waals surface area contributed by atoms with Crippen LogP contribution in [0.15, 0.2) is 18.2 Å². The summed E-state index contributed by atoms with van der Waals surface area (Å²) in [5.41, 5.74) is 1.01. The molecule has 0 saturated heterocycles. The smallest absolute Gasteiger partial charge is 0.161 e. The van der Waals surface area contributed by atoms with Crippen molar-refractivity contribution in [3.05, 3.63) is 23.8 Å². The molecule has 0 aliphatic heterocycles. The van der Waals surface area contributed by atoms with Crippen molar-refractivity contribution in [2.24, 2.45) is 5.92 Å². The SMILES string of the molecule is COc1ccc(CC(=O)CC2CCCCCC2)cc1OC. The van der Waals surface area contributed by atoms with Gasteiger partial charge < -0.3 is 9.47 Å². The van der Waals surface area contributed by atoms with Crippen LogP contribution in [0.25, 0.3) is 0 Å². The minimum Gasteiger partial charge on any atom is -0.493 e. The van der Waals surface area contributed by atoms with Gasteiger partial charge in [0.25, 0.3) is 0 Å². The maximum Gasteiger partial charge on any atom is 0.161 e. The molecule has 0 atom stereocenters. The molecule has 116 valence electrons. The summed E-state index contributed by atoms with van der Waals surface area (Å²) in [5.74, 6) is 2.34. The predicted octanol–water partition coefficient (Wildman–Crippen LogP) is 4.18. The molecular formula is C18H26O3. The van der Waals surface area contributed by atoms with Crippen LogP contribution in [0.5, 0.6) is 11.5 Å². The number of benzene rings is 1. The first-order valence-corrected chi connectivity index (χ1v) is 7.95. The van der Waals surface area contributed by atoms with Crippen LogP contribution in [0.1, 0.15) is 50.5 Å². The van der Waals surface area contributed by atoms with Gasteiger partial charge in [0.2, 0.25) is 0 Å². The van der Waals surface area contributed by atoms with Gasteiger partial charge in [-0.1, -0.05) is 44.6 Å². The van der Waals surface area contributed by atoms with Crippen LogP contribution in [0.4, 0.5) is 0 Å². The topological polar surface area (TPSA) is 35.5 Å². The van der Waals surface area contributed by atoms with Crippen LogP contribution in [-0.2, 0) is 11.2 Å². The highest BCUT2D eigenvalue weighted by molar-refractivity contribution is 5.81. The molecule has 21 heavy (non-hydrogen) atoms. The number of ketones is 1. The molecule has 3 nitrogen and oxygen atoms in total. The number of hydrogen-bond donors (Lipinski definition) is 0. The van der Waals surface area contributed by atoms with Gasteiger partial charge >= 0.3 is 0 Å². The first-order chi connectivity index (χ1) is 10.2. The van der Waals surface area contributed by atoms with Crippen molar-refractivity contribution in [2.75, 3.05) is 14.2 Å². The van der Waals surface area contributed by atoms with Gasteiger partial charge in [-0.25, -0.2) is 0 Å². The average molecular weight is 290 g/mol. The van der Waals surface area contributed by atoms with E-state index in [2.05, 4.69) is 0 Å². The molecule has 0 aromatic heterocycles. The van der Waals surface area contributed by atoms with Crippen molar-refractivity contribution in [1.29, 1.82) is 0 Å². The molecule has 0 unspecified atom stereocenters. The highest BCUT2D eigenvalue weighted by Crippen LogP contribution is 2.29. The molecule has 0 heterocycles. The van der Waals surface area contributed by atoms with Gasteiger partial charge in [0.15, 0.2) is 11.5 Å². The Labute approximate surface area is 127 Å². The lowest BCUT2D eigenvalue weighted by atomic mass is 9.92. The largest absolute Gasteiger partial charge is 0.493 e. The van der Waals surface area contributed by atoms with E-state index in [0.29, 0.717) is 29.6 Å². The summed E-state index contributed by atoms with van der Waals surface area (Å²) in [6.07, 6.45) is 8.91. The lowest BCUT2D eigenvalue weighted by Crippen LogP contribution is -2.10. The third kappa shape index (κ3) is 4.76. The summed E-state index contributed by atoms with van der Waals surface area (Å²) in [5, 5.41) is 0. The summed E-state index contributed by atoms with van der Waals surface area (Å²) in [6.45, 7) is 0. The lowest BCUT2D eigenvalue weighted by molar-refractivity contribution is -0.119. The minimum atomic E-state index is 0.342. The van der Waals surface area contributed by atoms with E-state index in [1.54, 1.807) is 14.2 Å². The van der Waals surface area contributed by atoms with Gasteiger partial charge in [-0.2, -0.15) is 0 Å². The van der Waals surface area contributed by atoms with Crippen LogP contribution in [0.3, 0.4) is 0 Å². The second-order valence-corrected chi connectivity index (χ2v) is 5.97. The molecule has 0 spiro atoms. The number of Topliss-reactive ketones (excluding diaryl/α,β-unsaturated/α-hetero) is 1. The van der Waals surface area contributed by atoms with E-state index in [-0.39, 0.29) is 0 Å². The normalized spacial score (nSPS) is 16.3. The van der Waals surface area contributed by atoms with Gasteiger partial charge in [-0.15, -0.1) is 0 Å². The molecule has 1 saturated carbocycles. The van der Waals surface area contributed by atoms with E-state index < -0.39 is 0 Å². The molecule has 0 N–H and O–H groups in total. The number of ether oxygens (including phenoxy) is 2. The van der Waals surface area contributed by atoms with E-state index in [4.69, 9.17) is 9.47 Å². The number of rotatable bonds is 6. The Kier molecular flexibility index (Phi) is 6.09. The third-order valence-corrected chi connectivity index (χ3v) is 4.34. The molecule has 0 bridgehead atoms. The Balaban J connectivity index is 1.92. The molecule has 0 radical (unpaired) electrons. The van der Waals surface area contributed by atoms with E-state index in [1.807, 2.05) is 18.2 Å². The molecule has 1 aliphatic carbocycles. The maximum absolute atomic E-state index is 12.3. The summed E-state index contributed by atoms with van der Waals surface area (Å²) < 4.78 is 10.5. The Hall–Kier alpha value is -1.51. The van der Waals surface area contributed by atoms with Crippen molar-refractivity contribution >= 4 is 5.78 Å². The highest BCUT2D eigenvalue weighted by atomic mass is 16.5. The van der Waals surface area contributed by atoms with E-state index in [1.165, 1.54) is 38.5 Å². The number of carbonyl (C=O) groups is 1. The zero-order valence-electron chi connectivity index (χ0n) is 13.2. The number of hydrogen-bond acceptors (Lipinski definition) is 3. The monoisotopic (exact) mass is 290 g/mol. The second-order valence-electron chi connectivity index (χ2n) is 5.97. The van der Waals surface area contributed by atoms with Gasteiger partial charge in [-0.3, -0.25) is 4.79 Å². The molecule has 1 aromatic rings. The molecule has 1 aliphatic rings. The van der Waals surface area contributed by atoms with Gasteiger partial charge in [0.05, 0.1) is 14.2 Å². The van der Waals surface area contributed by atoms with Crippen molar-refractivity contribution in [2.45, 2.75) is 51.4 Å². The predicted molar refractivity (Wildman–Crippen MR) is 84.1 cm³/mol. The highest BCUT2D eigenvalue weighted by Gasteiger charge is 2.16. The quantitative estimate of drug-likeness (QED) is 0.737. The van der Waals surface area contributed by atoms with Gasteiger partial charge in [-0.05, 0) is 23.6 Å². The lowest BCUT2D eigenvalue weighted by Gasteiger charge is -2.13. The summed E-state index contributed by atoms with van der Waals surface area (Å²) in [6, 6.07) is 5.73. The van der Waals surface area contributed by atoms with E-state index in [0.717, 1.165) is 12.0 Å². The number of carbonyl (C=O) groups excluding carboxylic acids is 1. The standard InChI is InChI=1S/C18H26O3/c1-20-17-10-9-15(13-18(17)21-2)12-16(19)11-14-7-5-3-4-6-8-14/h9-10,13-14H,3-8,11-12H2,1-2H3. The summed E-state index contributed by atoms with van der Waals surface area (Å²) in [7, 11) is 3.24. The molecule has 2 rings (SSSR count). The van der Waals surface area contributed by atoms with Crippen molar-refractivity contribution in [1.82, 2.24) is 0 Å². The third-order valence-electron chi connectivity index (χ3n) is 4.34. The van der Waals surface area contributed by atoms with Crippen molar-refractivity contribution in [3.8, 4) is 11.5 Å². The fourth-order valence-electron chi connectivity index (χ4n) is 3.18. The van der Waals surface area contributed by atoms with E-state index >= 15 is 0 Å². The Morgan fingerprint density at radius 1 is 1.05 bits per heavy atom. The molecule has 3 heteroatoms. The first kappa shape index (κ1) is 15.9. The Morgan fingerprint density at radius 3 is 2.33 bits per heavy atom. The van der Waals surface area contributed by atoms with Crippen LogP contribution < -0.4 is 9.47 Å². The minimum absolute atomic E-state index is 0.342. The van der Waals surface area contributed by atoms with Crippen LogP contribution in [-0.4, -0.2) is 20.0 Å². The Bertz CT molecular complexity index is 460. The second kappa shape index (κ2) is 8.06. The zero-order chi connectivity index (χ0) is 15.1. The van der Waals surface area contributed by atoms with Gasteiger partial charge in [0.1, 0.15) is 5.78 Å². The first-order valence-electron chi connectivity index (χ1n) is 7.95. The zero-order valence-corrected chi connectivity index (χ0v) is 13.2. The average Bonchev–Trinajstić information content (AvgIpc) is 2.75. The van der Waals surface area contributed by atoms with Crippen LogP contribution in [0, 0.1) is 5.92 Å².